The van der Waals surface area contributed by atoms with Crippen LogP contribution in [0, 0.1) is 0 Å². The minimum atomic E-state index is -0.792. The Balaban J connectivity index is 4.40. The molecule has 0 aromatic rings. The second kappa shape index (κ2) is 63.6. The van der Waals surface area contributed by atoms with Crippen LogP contribution in [-0.4, -0.2) is 37.2 Å². The van der Waals surface area contributed by atoms with Crippen LogP contribution in [0.5, 0.6) is 0 Å². The van der Waals surface area contributed by atoms with Crippen LogP contribution in [0.15, 0.2) is 109 Å². The van der Waals surface area contributed by atoms with Crippen LogP contribution in [0.25, 0.3) is 0 Å². The van der Waals surface area contributed by atoms with Gasteiger partial charge in [0, 0.05) is 19.3 Å². The third kappa shape index (κ3) is 60.9. The highest BCUT2D eigenvalue weighted by Gasteiger charge is 2.19. The molecule has 1 atom stereocenters. The minimum Gasteiger partial charge on any atom is -0.462 e. The predicted molar refractivity (Wildman–Crippen MR) is 330 cm³/mol. The Labute approximate surface area is 470 Å². The molecule has 0 rings (SSSR count). The third-order valence-electron chi connectivity index (χ3n) is 13.5. The highest BCUT2D eigenvalue weighted by atomic mass is 16.6. The van der Waals surface area contributed by atoms with E-state index in [-0.39, 0.29) is 31.1 Å². The van der Waals surface area contributed by atoms with Crippen LogP contribution in [0.4, 0.5) is 0 Å². The first-order chi connectivity index (χ1) is 37.5. The fourth-order valence-corrected chi connectivity index (χ4v) is 8.81. The first kappa shape index (κ1) is 72.1. The average Bonchev–Trinajstić information content (AvgIpc) is 3.42. The second-order valence-corrected chi connectivity index (χ2v) is 20.9. The van der Waals surface area contributed by atoms with Gasteiger partial charge < -0.3 is 14.2 Å². The van der Waals surface area contributed by atoms with E-state index in [2.05, 4.69) is 130 Å². The van der Waals surface area contributed by atoms with E-state index in [1.54, 1.807) is 0 Å². The molecular weight excluding hydrogens is 937 g/mol. The Morgan fingerprint density at radius 3 is 0.803 bits per heavy atom. The summed E-state index contributed by atoms with van der Waals surface area (Å²) in [6.45, 7) is 6.42. The smallest absolute Gasteiger partial charge is 0.306 e. The molecule has 0 amide bonds. The van der Waals surface area contributed by atoms with Crippen molar-refractivity contribution in [1.29, 1.82) is 0 Å². The third-order valence-corrected chi connectivity index (χ3v) is 13.5. The van der Waals surface area contributed by atoms with Crippen molar-refractivity contribution in [3.8, 4) is 0 Å². The van der Waals surface area contributed by atoms with Gasteiger partial charge in [0.1, 0.15) is 13.2 Å². The Morgan fingerprint density at radius 1 is 0.276 bits per heavy atom. The van der Waals surface area contributed by atoms with Crippen LogP contribution < -0.4 is 0 Å². The lowest BCUT2D eigenvalue weighted by Gasteiger charge is -2.18. The Kier molecular flexibility index (Phi) is 60.3. The molecule has 0 aromatic heterocycles. The van der Waals surface area contributed by atoms with Gasteiger partial charge in [-0.15, -0.1) is 0 Å². The van der Waals surface area contributed by atoms with Crippen LogP contribution in [0.2, 0.25) is 0 Å². The predicted octanol–water partition coefficient (Wildman–Crippen LogP) is 21.8. The molecule has 0 heterocycles. The zero-order chi connectivity index (χ0) is 55.0. The van der Waals surface area contributed by atoms with Gasteiger partial charge in [0.25, 0.3) is 0 Å². The van der Waals surface area contributed by atoms with E-state index in [0.29, 0.717) is 19.3 Å². The van der Waals surface area contributed by atoms with Gasteiger partial charge in [-0.2, -0.15) is 0 Å². The zero-order valence-electron chi connectivity index (χ0n) is 49.7. The summed E-state index contributed by atoms with van der Waals surface area (Å²) in [6.07, 6.45) is 86.6. The average molecular weight is 1060 g/mol. The van der Waals surface area contributed by atoms with Gasteiger partial charge in [-0.25, -0.2) is 0 Å². The summed E-state index contributed by atoms with van der Waals surface area (Å²) in [4.78, 5) is 38.3. The number of hydrogen-bond acceptors (Lipinski definition) is 6. The quantitative estimate of drug-likeness (QED) is 0.0261. The molecule has 0 aromatic carbocycles. The SMILES string of the molecule is CC/C=C\C/C=C\C/C=C\C/C=C\C/C=C\CCCCCCCC(=O)OC(COC(=O)CCCCCCCCCCCC/C=C\C/C=C\C/C=C\C/C=C\CC)COC(=O)CCCCCCCCCCCCCCCC. The van der Waals surface area contributed by atoms with E-state index in [1.165, 1.54) is 122 Å². The van der Waals surface area contributed by atoms with Gasteiger partial charge in [-0.05, 0) is 103 Å². The van der Waals surface area contributed by atoms with E-state index in [9.17, 15) is 14.4 Å². The number of allylic oxidation sites excluding steroid dienone is 18. The van der Waals surface area contributed by atoms with E-state index in [0.717, 1.165) is 135 Å². The summed E-state index contributed by atoms with van der Waals surface area (Å²) in [5.41, 5.74) is 0. The molecule has 76 heavy (non-hydrogen) atoms. The molecule has 434 valence electrons. The number of esters is 3. The number of hydrogen-bond donors (Lipinski definition) is 0. The normalized spacial score (nSPS) is 12.8. The maximum atomic E-state index is 12.9. The lowest BCUT2D eigenvalue weighted by molar-refractivity contribution is -0.167. The summed E-state index contributed by atoms with van der Waals surface area (Å²) >= 11 is 0. The van der Waals surface area contributed by atoms with Crippen molar-refractivity contribution in [2.24, 2.45) is 0 Å². The molecule has 1 unspecified atom stereocenters. The molecule has 0 aliphatic heterocycles. The maximum Gasteiger partial charge on any atom is 0.306 e. The molecule has 6 nitrogen and oxygen atoms in total. The number of carbonyl (C=O) groups excluding carboxylic acids is 3. The van der Waals surface area contributed by atoms with Gasteiger partial charge in [0.2, 0.25) is 0 Å². The molecule has 0 N–H and O–H groups in total. The van der Waals surface area contributed by atoms with Gasteiger partial charge in [-0.3, -0.25) is 14.4 Å². The van der Waals surface area contributed by atoms with Crippen molar-refractivity contribution in [1.82, 2.24) is 0 Å². The fraction of sp³-hybridized carbons (Fsp3) is 0.700. The first-order valence-electron chi connectivity index (χ1n) is 31.9. The Bertz CT molecular complexity index is 1540. The first-order valence-corrected chi connectivity index (χ1v) is 31.9. The number of rotatable bonds is 57. The summed E-state index contributed by atoms with van der Waals surface area (Å²) < 4.78 is 16.9. The lowest BCUT2D eigenvalue weighted by atomic mass is 10.0. The van der Waals surface area contributed by atoms with Crippen LogP contribution in [-0.2, 0) is 28.6 Å². The molecule has 0 aliphatic carbocycles. The summed E-state index contributed by atoms with van der Waals surface area (Å²) in [5.74, 6) is -0.900. The second-order valence-electron chi connectivity index (χ2n) is 20.9. The molecule has 0 spiro atoms. The van der Waals surface area contributed by atoms with Gasteiger partial charge in [0.05, 0.1) is 0 Å². The number of ether oxygens (including phenoxy) is 3. The van der Waals surface area contributed by atoms with Crippen molar-refractivity contribution < 1.29 is 28.6 Å². The number of unbranched alkanes of at least 4 members (excludes halogenated alkanes) is 28. The van der Waals surface area contributed by atoms with Crippen LogP contribution >= 0.6 is 0 Å². The molecule has 6 heteroatoms. The van der Waals surface area contributed by atoms with Crippen molar-refractivity contribution in [2.75, 3.05) is 13.2 Å². The summed E-state index contributed by atoms with van der Waals surface area (Å²) in [6, 6.07) is 0. The largest absolute Gasteiger partial charge is 0.462 e. The maximum absolute atomic E-state index is 12.9. The molecule has 0 saturated carbocycles. The van der Waals surface area contributed by atoms with Crippen LogP contribution in [0.1, 0.15) is 297 Å². The molecule has 0 radical (unpaired) electrons. The lowest BCUT2D eigenvalue weighted by Crippen LogP contribution is -2.30. The van der Waals surface area contributed by atoms with E-state index < -0.39 is 6.10 Å². The molecule has 0 aliphatic rings. The highest BCUT2D eigenvalue weighted by Crippen LogP contribution is 2.16. The summed E-state index contributed by atoms with van der Waals surface area (Å²) in [7, 11) is 0. The highest BCUT2D eigenvalue weighted by molar-refractivity contribution is 5.71. The molecular formula is C70H118O6. The Morgan fingerprint density at radius 2 is 0.513 bits per heavy atom. The molecule has 0 saturated heterocycles. The zero-order valence-corrected chi connectivity index (χ0v) is 49.7. The fourth-order valence-electron chi connectivity index (χ4n) is 8.81. The van der Waals surface area contributed by atoms with Crippen molar-refractivity contribution in [2.45, 2.75) is 303 Å². The molecule has 0 fully saturated rings. The monoisotopic (exact) mass is 1050 g/mol. The van der Waals surface area contributed by atoms with E-state index >= 15 is 0 Å². The van der Waals surface area contributed by atoms with Gasteiger partial charge >= 0.3 is 17.9 Å². The topological polar surface area (TPSA) is 78.9 Å². The van der Waals surface area contributed by atoms with Crippen molar-refractivity contribution in [3.05, 3.63) is 109 Å². The van der Waals surface area contributed by atoms with Crippen molar-refractivity contribution in [3.63, 3.8) is 0 Å². The van der Waals surface area contributed by atoms with Crippen LogP contribution in [0.3, 0.4) is 0 Å². The van der Waals surface area contributed by atoms with Gasteiger partial charge in [0.15, 0.2) is 6.10 Å². The summed E-state index contributed by atoms with van der Waals surface area (Å²) in [5, 5.41) is 0. The number of carbonyl (C=O) groups is 3. The van der Waals surface area contributed by atoms with E-state index in [4.69, 9.17) is 14.2 Å². The standard InChI is InChI=1S/C70H118O6/c1-4-7-10-13-16-19-22-25-28-30-32-34-35-37-38-40-42-45-48-51-54-57-60-63-69(72)75-66-67(65-74-68(71)62-59-56-53-50-47-44-27-24-21-18-15-12-9-6-3)76-70(73)64-61-58-55-52-49-46-43-41-39-36-33-31-29-26-23-20-17-14-11-8-5-2/h7-8,10-11,16-17,19-20,25-26,28-29,32-34,36,41,43,67H,4-6,9,12-15,18,21-24,27,30-31,35,37-40,42,44-66H2,1-3H3/b10-7-,11-8-,19-16-,20-17-,28-25-,29-26-,34-32-,36-33-,43-41-. The van der Waals surface area contributed by atoms with Crippen molar-refractivity contribution >= 4 is 17.9 Å². The Hall–Kier alpha value is -3.93. The van der Waals surface area contributed by atoms with E-state index in [1.807, 2.05) is 0 Å². The minimum absolute atomic E-state index is 0.0858. The van der Waals surface area contributed by atoms with Gasteiger partial charge in [-0.1, -0.05) is 284 Å². The molecule has 0 bridgehead atoms.